The third-order valence-electron chi connectivity index (χ3n) is 1.83. The Bertz CT molecular complexity index is 219. The number of carbonyl (C=O) groups is 1. The van der Waals surface area contributed by atoms with E-state index in [1.807, 2.05) is 0 Å². The second-order valence-corrected chi connectivity index (χ2v) is 2.76. The van der Waals surface area contributed by atoms with Crippen LogP contribution >= 0.6 is 0 Å². The quantitative estimate of drug-likeness (QED) is 0.302. The van der Waals surface area contributed by atoms with Crippen molar-refractivity contribution in [3.63, 3.8) is 0 Å². The summed E-state index contributed by atoms with van der Waals surface area (Å²) in [5.41, 5.74) is 0. The number of aliphatic hydroxyl groups excluding tert-OH is 4. The van der Waals surface area contributed by atoms with E-state index in [0.717, 1.165) is 0 Å². The van der Waals surface area contributed by atoms with Gasteiger partial charge in [-0.05, 0) is 0 Å². The van der Waals surface area contributed by atoms with Gasteiger partial charge in [-0.2, -0.15) is 0 Å². The predicted octanol–water partition coefficient (Wildman–Crippen LogP) is -3.28. The Hall–Kier alpha value is 0.530. The molecule has 0 aliphatic carbocycles. The molecule has 0 aromatic carbocycles. The molecule has 0 saturated carbocycles. The SMILES string of the molecule is O=C(O)[C@H]1O[C@@H](O)[C@H](O)[C@@H](O)[C@@H]1O.[Ca+2].[H-].[H-]. The largest absolute Gasteiger partial charge is 2.00 e. The van der Waals surface area contributed by atoms with E-state index in [2.05, 4.69) is 4.74 Å². The molecule has 1 fully saturated rings. The van der Waals surface area contributed by atoms with Gasteiger partial charge in [-0.25, -0.2) is 4.79 Å². The minimum absolute atomic E-state index is 0. The van der Waals surface area contributed by atoms with Crippen molar-refractivity contribution >= 4 is 43.7 Å². The van der Waals surface area contributed by atoms with Crippen LogP contribution in [-0.2, 0) is 9.53 Å². The molecule has 5 atom stereocenters. The van der Waals surface area contributed by atoms with Crippen LogP contribution < -0.4 is 0 Å². The molecule has 0 amide bonds. The van der Waals surface area contributed by atoms with E-state index in [0.29, 0.717) is 0 Å². The minimum atomic E-state index is -1.81. The van der Waals surface area contributed by atoms with Gasteiger partial charge in [0.25, 0.3) is 0 Å². The number of hydrogen-bond donors (Lipinski definition) is 5. The molecule has 1 rings (SSSR count). The summed E-state index contributed by atoms with van der Waals surface area (Å²) in [6, 6.07) is 0. The van der Waals surface area contributed by atoms with Crippen molar-refractivity contribution < 1.29 is 37.9 Å². The fourth-order valence-electron chi connectivity index (χ4n) is 1.07. The first kappa shape index (κ1) is 14.5. The van der Waals surface area contributed by atoms with Gasteiger partial charge in [0.05, 0.1) is 0 Å². The van der Waals surface area contributed by atoms with Crippen LogP contribution in [-0.4, -0.2) is 99.9 Å². The molecular formula is C6H12CaO7. The van der Waals surface area contributed by atoms with Crippen LogP contribution in [0.1, 0.15) is 2.85 Å². The van der Waals surface area contributed by atoms with Gasteiger partial charge in [-0.1, -0.05) is 0 Å². The van der Waals surface area contributed by atoms with Crippen LogP contribution in [0.15, 0.2) is 0 Å². The molecule has 5 N–H and O–H groups in total. The van der Waals surface area contributed by atoms with Gasteiger partial charge >= 0.3 is 43.7 Å². The summed E-state index contributed by atoms with van der Waals surface area (Å²) in [4.78, 5) is 10.4. The molecule has 1 saturated heterocycles. The van der Waals surface area contributed by atoms with Crippen LogP contribution in [0.25, 0.3) is 0 Å². The molecule has 7 nitrogen and oxygen atoms in total. The molecule has 0 bridgehead atoms. The zero-order valence-electron chi connectivity index (χ0n) is 9.15. The van der Waals surface area contributed by atoms with Gasteiger partial charge < -0.3 is 33.1 Å². The van der Waals surface area contributed by atoms with E-state index in [1.54, 1.807) is 0 Å². The van der Waals surface area contributed by atoms with E-state index in [9.17, 15) is 4.79 Å². The minimum Gasteiger partial charge on any atom is -1.00 e. The molecule has 0 radical (unpaired) electrons. The number of aliphatic hydroxyl groups is 4. The Morgan fingerprint density at radius 3 is 2.00 bits per heavy atom. The molecule has 0 aromatic heterocycles. The zero-order valence-corrected chi connectivity index (χ0v) is 9.35. The summed E-state index contributed by atoms with van der Waals surface area (Å²) in [6.45, 7) is 0. The molecular weight excluding hydrogens is 224 g/mol. The first-order valence-corrected chi connectivity index (χ1v) is 3.55. The first-order valence-electron chi connectivity index (χ1n) is 3.55. The maximum Gasteiger partial charge on any atom is 2.00 e. The molecule has 1 heterocycles. The van der Waals surface area contributed by atoms with Crippen LogP contribution in [0, 0.1) is 0 Å². The third-order valence-corrected chi connectivity index (χ3v) is 1.83. The summed E-state index contributed by atoms with van der Waals surface area (Å²) >= 11 is 0. The Labute approximate surface area is 112 Å². The average molecular weight is 236 g/mol. The normalized spacial score (nSPS) is 42.7. The van der Waals surface area contributed by atoms with E-state index in [1.165, 1.54) is 0 Å². The maximum absolute atomic E-state index is 10.4. The Morgan fingerprint density at radius 2 is 1.57 bits per heavy atom. The summed E-state index contributed by atoms with van der Waals surface area (Å²) in [5.74, 6) is -1.52. The average Bonchev–Trinajstić information content (AvgIpc) is 2.07. The predicted molar refractivity (Wildman–Crippen MR) is 44.5 cm³/mol. The molecule has 0 unspecified atom stereocenters. The van der Waals surface area contributed by atoms with Crippen LogP contribution in [0.2, 0.25) is 0 Å². The second-order valence-electron chi connectivity index (χ2n) is 2.76. The molecule has 1 aliphatic heterocycles. The standard InChI is InChI=1S/C6H10O7.Ca.2H/c7-1-2(8)4(5(10)11)13-6(12)3(1)9;;;/h1-4,6-9,12H,(H,10,11);;;/q;+2;2*-1/t1-,2-,3+,4-,6+;;;/m0.../s1. The molecule has 0 spiro atoms. The Balaban J connectivity index is -0.000000563. The summed E-state index contributed by atoms with van der Waals surface area (Å²) in [5, 5.41) is 44.4. The fourth-order valence-corrected chi connectivity index (χ4v) is 1.07. The fraction of sp³-hybridized carbons (Fsp3) is 0.833. The smallest absolute Gasteiger partial charge is 1.00 e. The monoisotopic (exact) mass is 236 g/mol. The topological polar surface area (TPSA) is 127 Å². The van der Waals surface area contributed by atoms with Gasteiger partial charge in [0.15, 0.2) is 12.4 Å². The molecule has 14 heavy (non-hydrogen) atoms. The van der Waals surface area contributed by atoms with E-state index in [4.69, 9.17) is 25.5 Å². The number of ether oxygens (including phenoxy) is 1. The van der Waals surface area contributed by atoms with Crippen molar-refractivity contribution in [2.24, 2.45) is 0 Å². The van der Waals surface area contributed by atoms with Crippen molar-refractivity contribution in [2.45, 2.75) is 30.7 Å². The third kappa shape index (κ3) is 2.77. The summed E-state index contributed by atoms with van der Waals surface area (Å²) in [7, 11) is 0. The van der Waals surface area contributed by atoms with E-state index >= 15 is 0 Å². The summed E-state index contributed by atoms with van der Waals surface area (Å²) < 4.78 is 4.34. The summed E-state index contributed by atoms with van der Waals surface area (Å²) in [6.07, 6.45) is -8.72. The van der Waals surface area contributed by atoms with E-state index in [-0.39, 0.29) is 40.6 Å². The second kappa shape index (κ2) is 5.57. The van der Waals surface area contributed by atoms with Crippen molar-refractivity contribution in [1.82, 2.24) is 0 Å². The van der Waals surface area contributed by atoms with Gasteiger partial charge in [0.1, 0.15) is 18.3 Å². The van der Waals surface area contributed by atoms with Gasteiger partial charge in [0, 0.05) is 0 Å². The van der Waals surface area contributed by atoms with Crippen molar-refractivity contribution in [1.29, 1.82) is 0 Å². The molecule has 1 aliphatic rings. The molecule has 80 valence electrons. The number of carboxylic acids is 1. The Morgan fingerprint density at radius 1 is 1.07 bits per heavy atom. The number of rotatable bonds is 1. The molecule has 8 heteroatoms. The van der Waals surface area contributed by atoms with Crippen molar-refractivity contribution in [2.75, 3.05) is 0 Å². The van der Waals surface area contributed by atoms with Crippen LogP contribution in [0.3, 0.4) is 0 Å². The molecule has 0 aromatic rings. The number of carboxylic acid groups (broad SMARTS) is 1. The first-order chi connectivity index (χ1) is 5.95. The van der Waals surface area contributed by atoms with Gasteiger partial charge in [-0.3, -0.25) is 0 Å². The number of hydrogen-bond acceptors (Lipinski definition) is 6. The van der Waals surface area contributed by atoms with Crippen molar-refractivity contribution in [3.8, 4) is 0 Å². The number of aliphatic carboxylic acids is 1. The maximum atomic E-state index is 10.4. The van der Waals surface area contributed by atoms with Crippen LogP contribution in [0.5, 0.6) is 0 Å². The zero-order chi connectivity index (χ0) is 10.2. The van der Waals surface area contributed by atoms with E-state index < -0.39 is 36.7 Å². The van der Waals surface area contributed by atoms with Gasteiger partial charge in [-0.15, -0.1) is 0 Å². The Kier molecular flexibility index (Phi) is 5.78. The van der Waals surface area contributed by atoms with Crippen molar-refractivity contribution in [3.05, 3.63) is 0 Å². The van der Waals surface area contributed by atoms with Gasteiger partial charge in [0.2, 0.25) is 0 Å². The van der Waals surface area contributed by atoms with Crippen LogP contribution in [0.4, 0.5) is 0 Å².